The van der Waals surface area contributed by atoms with Crippen LogP contribution >= 0.6 is 0 Å². The molecule has 0 saturated carbocycles. The molecule has 0 heterocycles. The van der Waals surface area contributed by atoms with Crippen LogP contribution in [0.2, 0.25) is 0 Å². The number of sulfonamides is 1. The number of ether oxygens (including phenoxy) is 2. The highest BCUT2D eigenvalue weighted by molar-refractivity contribution is 7.89. The molecule has 0 aliphatic carbocycles. The molecule has 0 bridgehead atoms. The number of benzene rings is 1. The molecule has 7 heteroatoms. The predicted molar refractivity (Wildman–Crippen MR) is 82.0 cm³/mol. The fourth-order valence-electron chi connectivity index (χ4n) is 1.68. The number of hydrogen-bond acceptors (Lipinski definition) is 5. The molecule has 0 radical (unpaired) electrons. The Morgan fingerprint density at radius 3 is 2.43 bits per heavy atom. The third kappa shape index (κ3) is 4.96. The van der Waals surface area contributed by atoms with E-state index in [9.17, 15) is 8.42 Å². The van der Waals surface area contributed by atoms with Crippen LogP contribution in [0.25, 0.3) is 0 Å². The maximum Gasteiger partial charge on any atom is 0.240 e. The fraction of sp³-hybridized carbons (Fsp3) is 0.571. The van der Waals surface area contributed by atoms with Gasteiger partial charge in [-0.2, -0.15) is 0 Å². The summed E-state index contributed by atoms with van der Waals surface area (Å²) in [5.41, 5.74) is 0.224. The van der Waals surface area contributed by atoms with Gasteiger partial charge in [0, 0.05) is 25.8 Å². The van der Waals surface area contributed by atoms with E-state index >= 15 is 0 Å². The van der Waals surface area contributed by atoms with Crippen molar-refractivity contribution in [3.63, 3.8) is 0 Å². The van der Waals surface area contributed by atoms with Crippen molar-refractivity contribution in [2.75, 3.05) is 27.8 Å². The molecule has 0 fully saturated rings. The number of methoxy groups -OCH3 is 2. The minimum absolute atomic E-state index is 0.194. The first-order valence-electron chi connectivity index (χ1n) is 6.62. The first-order chi connectivity index (χ1) is 9.75. The molecule has 1 rings (SSSR count). The smallest absolute Gasteiger partial charge is 0.240 e. The SMILES string of the molecule is CNCc1cc(S(=O)(=O)NCC(C)(C)OC)ccc1OC. The van der Waals surface area contributed by atoms with Gasteiger partial charge in [-0.15, -0.1) is 0 Å². The minimum atomic E-state index is -3.58. The lowest BCUT2D eigenvalue weighted by molar-refractivity contribution is 0.0276. The normalized spacial score (nSPS) is 12.4. The fourth-order valence-corrected chi connectivity index (χ4v) is 2.92. The molecule has 0 aliphatic heterocycles. The van der Waals surface area contributed by atoms with Crippen molar-refractivity contribution in [3.05, 3.63) is 23.8 Å². The van der Waals surface area contributed by atoms with Crippen molar-refractivity contribution < 1.29 is 17.9 Å². The molecule has 2 N–H and O–H groups in total. The van der Waals surface area contributed by atoms with Gasteiger partial charge < -0.3 is 14.8 Å². The van der Waals surface area contributed by atoms with Gasteiger partial charge in [-0.3, -0.25) is 0 Å². The lowest BCUT2D eigenvalue weighted by Crippen LogP contribution is -2.39. The monoisotopic (exact) mass is 316 g/mol. The van der Waals surface area contributed by atoms with Gasteiger partial charge in [0.05, 0.1) is 17.6 Å². The highest BCUT2D eigenvalue weighted by atomic mass is 32.2. The number of hydrogen-bond donors (Lipinski definition) is 2. The van der Waals surface area contributed by atoms with Gasteiger partial charge >= 0.3 is 0 Å². The molecular weight excluding hydrogens is 292 g/mol. The van der Waals surface area contributed by atoms with E-state index in [2.05, 4.69) is 10.0 Å². The van der Waals surface area contributed by atoms with Crippen molar-refractivity contribution in [1.82, 2.24) is 10.0 Å². The van der Waals surface area contributed by atoms with Crippen LogP contribution in [-0.4, -0.2) is 41.8 Å². The number of rotatable bonds is 8. The van der Waals surface area contributed by atoms with E-state index in [1.54, 1.807) is 33.4 Å². The Kier molecular flexibility index (Phi) is 6.15. The van der Waals surface area contributed by atoms with Crippen LogP contribution < -0.4 is 14.8 Å². The lowest BCUT2D eigenvalue weighted by Gasteiger charge is -2.23. The van der Waals surface area contributed by atoms with Crippen LogP contribution in [0.15, 0.2) is 23.1 Å². The summed E-state index contributed by atoms with van der Waals surface area (Å²) in [5.74, 6) is 0.653. The Morgan fingerprint density at radius 1 is 1.24 bits per heavy atom. The minimum Gasteiger partial charge on any atom is -0.496 e. The average molecular weight is 316 g/mol. The molecule has 1 aromatic carbocycles. The molecule has 6 nitrogen and oxygen atoms in total. The zero-order valence-corrected chi connectivity index (χ0v) is 14.0. The molecule has 21 heavy (non-hydrogen) atoms. The Balaban J connectivity index is 3.00. The van der Waals surface area contributed by atoms with Gasteiger partial charge in [0.1, 0.15) is 5.75 Å². The second-order valence-corrected chi connectivity index (χ2v) is 7.06. The van der Waals surface area contributed by atoms with E-state index in [4.69, 9.17) is 9.47 Å². The van der Waals surface area contributed by atoms with Crippen LogP contribution in [0.5, 0.6) is 5.75 Å². The van der Waals surface area contributed by atoms with E-state index in [0.29, 0.717) is 12.3 Å². The summed E-state index contributed by atoms with van der Waals surface area (Å²) in [5, 5.41) is 2.99. The van der Waals surface area contributed by atoms with Gasteiger partial charge in [0.2, 0.25) is 10.0 Å². The second kappa shape index (κ2) is 7.22. The van der Waals surface area contributed by atoms with Gasteiger partial charge in [0.25, 0.3) is 0 Å². The maximum atomic E-state index is 12.3. The summed E-state index contributed by atoms with van der Waals surface area (Å²) < 4.78 is 37.6. The van der Waals surface area contributed by atoms with Crippen LogP contribution in [-0.2, 0) is 21.3 Å². The van der Waals surface area contributed by atoms with E-state index in [1.165, 1.54) is 6.07 Å². The van der Waals surface area contributed by atoms with Crippen molar-refractivity contribution >= 4 is 10.0 Å². The van der Waals surface area contributed by atoms with E-state index in [1.807, 2.05) is 13.8 Å². The summed E-state index contributed by atoms with van der Waals surface area (Å²) in [6.45, 7) is 4.35. The molecular formula is C14H24N2O4S. The van der Waals surface area contributed by atoms with E-state index in [0.717, 1.165) is 5.56 Å². The summed E-state index contributed by atoms with van der Waals surface area (Å²) in [6, 6.07) is 4.79. The zero-order chi connectivity index (χ0) is 16.1. The highest BCUT2D eigenvalue weighted by Crippen LogP contribution is 2.22. The van der Waals surface area contributed by atoms with Crippen molar-refractivity contribution in [2.45, 2.75) is 30.9 Å². The summed E-state index contributed by atoms with van der Waals surface area (Å²) >= 11 is 0. The Morgan fingerprint density at radius 2 is 1.90 bits per heavy atom. The molecule has 0 aromatic heterocycles. The first kappa shape index (κ1) is 17.9. The molecule has 0 atom stereocenters. The van der Waals surface area contributed by atoms with Crippen molar-refractivity contribution in [2.24, 2.45) is 0 Å². The van der Waals surface area contributed by atoms with Crippen LogP contribution in [0.4, 0.5) is 0 Å². The Hall–Kier alpha value is -1.15. The third-order valence-corrected chi connectivity index (χ3v) is 4.57. The van der Waals surface area contributed by atoms with E-state index in [-0.39, 0.29) is 11.4 Å². The van der Waals surface area contributed by atoms with Crippen LogP contribution in [0.1, 0.15) is 19.4 Å². The summed E-state index contributed by atoms with van der Waals surface area (Å²) in [6.07, 6.45) is 0. The predicted octanol–water partition coefficient (Wildman–Crippen LogP) is 1.12. The van der Waals surface area contributed by atoms with Crippen LogP contribution in [0, 0.1) is 0 Å². The molecule has 0 amide bonds. The van der Waals surface area contributed by atoms with Gasteiger partial charge in [0.15, 0.2) is 0 Å². The summed E-state index contributed by atoms with van der Waals surface area (Å²) in [7, 11) is 1.31. The quantitative estimate of drug-likeness (QED) is 0.751. The second-order valence-electron chi connectivity index (χ2n) is 5.29. The number of nitrogens with one attached hydrogen (secondary N) is 2. The van der Waals surface area contributed by atoms with Gasteiger partial charge in [-0.25, -0.2) is 13.1 Å². The van der Waals surface area contributed by atoms with E-state index < -0.39 is 15.6 Å². The molecule has 0 spiro atoms. The van der Waals surface area contributed by atoms with Crippen molar-refractivity contribution in [3.8, 4) is 5.75 Å². The van der Waals surface area contributed by atoms with Crippen molar-refractivity contribution in [1.29, 1.82) is 0 Å². The zero-order valence-electron chi connectivity index (χ0n) is 13.2. The molecule has 0 unspecified atom stereocenters. The summed E-state index contributed by atoms with van der Waals surface area (Å²) in [4.78, 5) is 0.209. The van der Waals surface area contributed by atoms with Gasteiger partial charge in [-0.1, -0.05) is 0 Å². The third-order valence-electron chi connectivity index (χ3n) is 3.17. The highest BCUT2D eigenvalue weighted by Gasteiger charge is 2.22. The average Bonchev–Trinajstić information content (AvgIpc) is 2.46. The largest absolute Gasteiger partial charge is 0.496 e. The van der Waals surface area contributed by atoms with Crippen LogP contribution in [0.3, 0.4) is 0 Å². The van der Waals surface area contributed by atoms with Gasteiger partial charge in [-0.05, 0) is 39.1 Å². The Bertz CT molecular complexity index is 570. The maximum absolute atomic E-state index is 12.3. The molecule has 0 aliphatic rings. The molecule has 0 saturated heterocycles. The topological polar surface area (TPSA) is 76.7 Å². The Labute approximate surface area is 126 Å². The molecule has 1 aromatic rings. The molecule has 120 valence electrons. The standard InChI is InChI=1S/C14H24N2O4S/c1-14(2,20-5)10-16-21(17,18)12-6-7-13(19-4)11(8-12)9-15-3/h6-8,15-16H,9-10H2,1-5H3. The first-order valence-corrected chi connectivity index (χ1v) is 8.10. The lowest BCUT2D eigenvalue weighted by atomic mass is 10.1.